The fraction of sp³-hybridized carbons (Fsp3) is 0.348. The molecule has 9 heteroatoms. The van der Waals surface area contributed by atoms with E-state index in [1.54, 1.807) is 49.3 Å². The highest BCUT2D eigenvalue weighted by Crippen LogP contribution is 2.26. The molecule has 1 atom stereocenters. The molecule has 0 aliphatic carbocycles. The van der Waals surface area contributed by atoms with Crippen molar-refractivity contribution >= 4 is 11.8 Å². The minimum atomic E-state index is -0.225. The number of methoxy groups -OCH3 is 1. The molecule has 1 N–H and O–H groups in total. The van der Waals surface area contributed by atoms with Crippen LogP contribution in [0.4, 0.5) is 0 Å². The first-order valence-electron chi connectivity index (χ1n) is 10.5. The Morgan fingerprint density at radius 3 is 2.84 bits per heavy atom. The van der Waals surface area contributed by atoms with Crippen molar-refractivity contribution in [3.05, 3.63) is 71.1 Å². The first kappa shape index (κ1) is 21.5. The zero-order valence-corrected chi connectivity index (χ0v) is 18.4. The molecule has 1 unspecified atom stereocenters. The lowest BCUT2D eigenvalue weighted by Gasteiger charge is -2.15. The van der Waals surface area contributed by atoms with Crippen LogP contribution in [0.3, 0.4) is 0 Å². The van der Waals surface area contributed by atoms with Gasteiger partial charge >= 0.3 is 0 Å². The van der Waals surface area contributed by atoms with E-state index in [1.807, 2.05) is 24.3 Å². The maximum atomic E-state index is 12.6. The first-order chi connectivity index (χ1) is 15.4. The normalized spacial score (nSPS) is 15.6. The molecule has 3 aromatic rings. The van der Waals surface area contributed by atoms with Gasteiger partial charge < -0.3 is 15.0 Å². The van der Waals surface area contributed by atoms with Crippen molar-refractivity contribution in [1.29, 1.82) is 0 Å². The van der Waals surface area contributed by atoms with Crippen LogP contribution in [0.25, 0.3) is 0 Å². The number of likely N-dealkylation sites (tertiary alicyclic amines) is 1. The van der Waals surface area contributed by atoms with Gasteiger partial charge in [0.15, 0.2) is 0 Å². The van der Waals surface area contributed by atoms with E-state index in [1.165, 1.54) is 0 Å². The van der Waals surface area contributed by atoms with Gasteiger partial charge in [-0.1, -0.05) is 12.1 Å². The van der Waals surface area contributed by atoms with Gasteiger partial charge in [-0.2, -0.15) is 5.10 Å². The number of hydrogen-bond donors (Lipinski definition) is 1. The molecule has 2 aromatic heterocycles. The van der Waals surface area contributed by atoms with Crippen molar-refractivity contribution in [1.82, 2.24) is 30.0 Å². The summed E-state index contributed by atoms with van der Waals surface area (Å²) in [6.45, 7) is 3.38. The number of nitrogens with one attached hydrogen (secondary N) is 1. The van der Waals surface area contributed by atoms with Crippen LogP contribution in [0.2, 0.25) is 0 Å². The second-order valence-corrected chi connectivity index (χ2v) is 7.90. The lowest BCUT2D eigenvalue weighted by atomic mass is 10.1. The Morgan fingerprint density at radius 2 is 2.12 bits per heavy atom. The second kappa shape index (κ2) is 9.17. The summed E-state index contributed by atoms with van der Waals surface area (Å²) in [6.07, 6.45) is 5.65. The van der Waals surface area contributed by atoms with Crippen LogP contribution in [-0.2, 0) is 13.6 Å². The van der Waals surface area contributed by atoms with Crippen molar-refractivity contribution < 1.29 is 14.3 Å². The number of aryl methyl sites for hydroxylation is 2. The molecule has 166 valence electrons. The predicted octanol–water partition coefficient (Wildman–Crippen LogP) is 2.09. The van der Waals surface area contributed by atoms with E-state index in [0.717, 1.165) is 17.7 Å². The minimum absolute atomic E-state index is 0.0362. The molecule has 0 spiro atoms. The largest absolute Gasteiger partial charge is 0.497 e. The molecule has 1 fully saturated rings. The van der Waals surface area contributed by atoms with Crippen molar-refractivity contribution in [2.24, 2.45) is 7.05 Å². The van der Waals surface area contributed by atoms with E-state index in [2.05, 4.69) is 20.4 Å². The maximum Gasteiger partial charge on any atom is 0.257 e. The number of rotatable bonds is 6. The summed E-state index contributed by atoms with van der Waals surface area (Å²) in [5, 5.41) is 6.97. The summed E-state index contributed by atoms with van der Waals surface area (Å²) in [5.74, 6) is 1.19. The molecule has 9 nitrogen and oxygen atoms in total. The second-order valence-electron chi connectivity index (χ2n) is 7.90. The van der Waals surface area contributed by atoms with Crippen LogP contribution in [0.1, 0.15) is 50.1 Å². The highest BCUT2D eigenvalue weighted by Gasteiger charge is 2.30. The van der Waals surface area contributed by atoms with Crippen molar-refractivity contribution in [2.45, 2.75) is 25.8 Å². The van der Waals surface area contributed by atoms with Crippen LogP contribution in [0.5, 0.6) is 5.75 Å². The first-order valence-corrected chi connectivity index (χ1v) is 10.5. The number of nitrogens with zero attached hydrogens (tertiary/aromatic N) is 5. The average molecular weight is 435 g/mol. The predicted molar refractivity (Wildman–Crippen MR) is 117 cm³/mol. The highest BCUT2D eigenvalue weighted by molar-refractivity contribution is 5.95. The number of benzene rings is 1. The summed E-state index contributed by atoms with van der Waals surface area (Å²) in [4.78, 5) is 36.1. The lowest BCUT2D eigenvalue weighted by molar-refractivity contribution is 0.0790. The molecule has 0 saturated carbocycles. The van der Waals surface area contributed by atoms with E-state index in [-0.39, 0.29) is 17.7 Å². The fourth-order valence-corrected chi connectivity index (χ4v) is 3.83. The van der Waals surface area contributed by atoms with Gasteiger partial charge in [0.1, 0.15) is 11.6 Å². The van der Waals surface area contributed by atoms with E-state index < -0.39 is 0 Å². The monoisotopic (exact) mass is 434 g/mol. The molecule has 1 saturated heterocycles. The molecule has 4 rings (SSSR count). The quantitative estimate of drug-likeness (QED) is 0.637. The summed E-state index contributed by atoms with van der Waals surface area (Å²) in [6, 6.07) is 7.54. The third-order valence-electron chi connectivity index (χ3n) is 5.62. The van der Waals surface area contributed by atoms with E-state index in [4.69, 9.17) is 4.74 Å². The minimum Gasteiger partial charge on any atom is -0.497 e. The summed E-state index contributed by atoms with van der Waals surface area (Å²) < 4.78 is 6.83. The number of amides is 2. The summed E-state index contributed by atoms with van der Waals surface area (Å²) in [5.41, 5.74) is 2.58. The van der Waals surface area contributed by atoms with Crippen LogP contribution in [-0.4, -0.2) is 56.7 Å². The van der Waals surface area contributed by atoms with Gasteiger partial charge in [0.05, 0.1) is 30.1 Å². The zero-order chi connectivity index (χ0) is 22.7. The molecule has 0 bridgehead atoms. The standard InChI is InChI=1S/C23H26N6O3/c1-15-20(22(30)25-10-16-5-4-6-19(9-16)32-3)12-24-21(27-15)17-7-8-29(14-17)23(31)18-11-26-28(2)13-18/h4-6,9,11-13,17H,7-8,10,14H2,1-3H3,(H,25,30). The maximum absolute atomic E-state index is 12.6. The molecule has 1 aliphatic heterocycles. The lowest BCUT2D eigenvalue weighted by Crippen LogP contribution is -2.28. The molecule has 2 amide bonds. The molecular formula is C23H26N6O3. The highest BCUT2D eigenvalue weighted by atomic mass is 16.5. The van der Waals surface area contributed by atoms with Crippen molar-refractivity contribution in [3.63, 3.8) is 0 Å². The number of carbonyl (C=O) groups excluding carboxylic acids is 2. The Hall–Kier alpha value is -3.75. The Bertz CT molecular complexity index is 1140. The molecule has 32 heavy (non-hydrogen) atoms. The smallest absolute Gasteiger partial charge is 0.257 e. The Morgan fingerprint density at radius 1 is 1.28 bits per heavy atom. The van der Waals surface area contributed by atoms with Crippen LogP contribution in [0.15, 0.2) is 42.9 Å². The van der Waals surface area contributed by atoms with Crippen LogP contribution < -0.4 is 10.1 Å². The van der Waals surface area contributed by atoms with Gasteiger partial charge in [0, 0.05) is 45.0 Å². The SMILES string of the molecule is COc1cccc(CNC(=O)c2cnc(C3CCN(C(=O)c4cnn(C)c4)C3)nc2C)c1. The number of hydrogen-bond acceptors (Lipinski definition) is 6. The Labute approximate surface area is 186 Å². The number of ether oxygens (including phenoxy) is 1. The third-order valence-corrected chi connectivity index (χ3v) is 5.62. The molecular weight excluding hydrogens is 408 g/mol. The molecule has 1 aromatic carbocycles. The van der Waals surface area contributed by atoms with Gasteiger partial charge in [-0.3, -0.25) is 14.3 Å². The average Bonchev–Trinajstić information content (AvgIpc) is 3.46. The summed E-state index contributed by atoms with van der Waals surface area (Å²) in [7, 11) is 3.40. The molecule has 3 heterocycles. The Balaban J connectivity index is 1.38. The van der Waals surface area contributed by atoms with Gasteiger partial charge in [0.2, 0.25) is 0 Å². The van der Waals surface area contributed by atoms with Crippen molar-refractivity contribution in [2.75, 3.05) is 20.2 Å². The third kappa shape index (κ3) is 4.61. The zero-order valence-electron chi connectivity index (χ0n) is 18.4. The van der Waals surface area contributed by atoms with Gasteiger partial charge in [0.25, 0.3) is 11.8 Å². The van der Waals surface area contributed by atoms with Gasteiger partial charge in [-0.25, -0.2) is 9.97 Å². The van der Waals surface area contributed by atoms with Gasteiger partial charge in [-0.15, -0.1) is 0 Å². The van der Waals surface area contributed by atoms with E-state index in [0.29, 0.717) is 42.3 Å². The van der Waals surface area contributed by atoms with Crippen molar-refractivity contribution in [3.8, 4) is 5.75 Å². The topological polar surface area (TPSA) is 102 Å². The molecule has 0 radical (unpaired) electrons. The fourth-order valence-electron chi connectivity index (χ4n) is 3.83. The van der Waals surface area contributed by atoms with Crippen LogP contribution in [0, 0.1) is 6.92 Å². The molecule has 1 aliphatic rings. The number of carbonyl (C=O) groups is 2. The van der Waals surface area contributed by atoms with Crippen LogP contribution >= 0.6 is 0 Å². The Kier molecular flexibility index (Phi) is 6.16. The van der Waals surface area contributed by atoms with E-state index in [9.17, 15) is 9.59 Å². The number of aromatic nitrogens is 4. The van der Waals surface area contributed by atoms with Gasteiger partial charge in [-0.05, 0) is 31.0 Å². The van der Waals surface area contributed by atoms with E-state index >= 15 is 0 Å². The summed E-state index contributed by atoms with van der Waals surface area (Å²) >= 11 is 0.